The molecule has 0 aliphatic heterocycles. The van der Waals surface area contributed by atoms with Crippen molar-refractivity contribution < 1.29 is 9.84 Å². The van der Waals surface area contributed by atoms with E-state index < -0.39 is 0 Å². The van der Waals surface area contributed by atoms with Crippen molar-refractivity contribution in [1.82, 2.24) is 0 Å². The molecule has 1 N–H and O–H groups in total. The van der Waals surface area contributed by atoms with Crippen LogP contribution in [-0.2, 0) is 4.74 Å². The molecule has 0 saturated carbocycles. The second kappa shape index (κ2) is 5.69. The summed E-state index contributed by atoms with van der Waals surface area (Å²) >= 11 is 0. The van der Waals surface area contributed by atoms with E-state index in [0.29, 0.717) is 19.1 Å². The SMILES string of the molecule is CCOC[C@H](O)CC(C)C. The molecule has 0 heterocycles. The van der Waals surface area contributed by atoms with Crippen molar-refractivity contribution in [3.05, 3.63) is 0 Å². The van der Waals surface area contributed by atoms with E-state index in [0.717, 1.165) is 6.42 Å². The van der Waals surface area contributed by atoms with Gasteiger partial charge in [0.25, 0.3) is 0 Å². The van der Waals surface area contributed by atoms with Crippen LogP contribution in [0.15, 0.2) is 0 Å². The molecule has 0 saturated heterocycles. The normalized spacial score (nSPS) is 14.1. The van der Waals surface area contributed by atoms with Crippen LogP contribution in [0.4, 0.5) is 0 Å². The fourth-order valence-electron chi connectivity index (χ4n) is 0.866. The van der Waals surface area contributed by atoms with Crippen LogP contribution >= 0.6 is 0 Å². The van der Waals surface area contributed by atoms with Crippen molar-refractivity contribution in [2.24, 2.45) is 5.92 Å². The molecule has 0 fully saturated rings. The molecule has 0 aromatic heterocycles. The Balaban J connectivity index is 3.16. The molecule has 62 valence electrons. The molecule has 10 heavy (non-hydrogen) atoms. The molecular weight excluding hydrogens is 128 g/mol. The Hall–Kier alpha value is -0.0800. The maximum atomic E-state index is 9.23. The molecule has 0 aromatic rings. The highest BCUT2D eigenvalue weighted by Gasteiger charge is 2.05. The van der Waals surface area contributed by atoms with Gasteiger partial charge >= 0.3 is 0 Å². The number of aliphatic hydroxyl groups is 1. The average molecular weight is 146 g/mol. The van der Waals surface area contributed by atoms with E-state index in [1.807, 2.05) is 6.92 Å². The van der Waals surface area contributed by atoms with Crippen LogP contribution in [0.2, 0.25) is 0 Å². The molecule has 2 nitrogen and oxygen atoms in total. The van der Waals surface area contributed by atoms with Gasteiger partial charge in [0.15, 0.2) is 0 Å². The summed E-state index contributed by atoms with van der Waals surface area (Å²) in [6.45, 7) is 7.29. The molecule has 0 radical (unpaired) electrons. The molecule has 0 spiro atoms. The first-order valence-electron chi connectivity index (χ1n) is 3.92. The van der Waals surface area contributed by atoms with Crippen molar-refractivity contribution in [1.29, 1.82) is 0 Å². The lowest BCUT2D eigenvalue weighted by atomic mass is 10.1. The van der Waals surface area contributed by atoms with Gasteiger partial charge in [0.05, 0.1) is 12.7 Å². The van der Waals surface area contributed by atoms with Crippen molar-refractivity contribution in [3.63, 3.8) is 0 Å². The van der Waals surface area contributed by atoms with Crippen LogP contribution < -0.4 is 0 Å². The predicted molar refractivity (Wildman–Crippen MR) is 42.0 cm³/mol. The summed E-state index contributed by atoms with van der Waals surface area (Å²) in [7, 11) is 0. The predicted octanol–water partition coefficient (Wildman–Crippen LogP) is 1.43. The summed E-state index contributed by atoms with van der Waals surface area (Å²) in [4.78, 5) is 0. The summed E-state index contributed by atoms with van der Waals surface area (Å²) in [5.41, 5.74) is 0. The van der Waals surface area contributed by atoms with Gasteiger partial charge < -0.3 is 9.84 Å². The minimum atomic E-state index is -0.278. The molecule has 0 aromatic carbocycles. The molecule has 0 rings (SSSR count). The standard InChI is InChI=1S/C8H18O2/c1-4-10-6-8(9)5-7(2)3/h7-9H,4-6H2,1-3H3/t8-/m1/s1. The van der Waals surface area contributed by atoms with Crippen molar-refractivity contribution in [3.8, 4) is 0 Å². The molecule has 0 unspecified atom stereocenters. The topological polar surface area (TPSA) is 29.5 Å². The maximum absolute atomic E-state index is 9.23. The van der Waals surface area contributed by atoms with Crippen molar-refractivity contribution >= 4 is 0 Å². The highest BCUT2D eigenvalue weighted by atomic mass is 16.5. The molecule has 0 bridgehead atoms. The van der Waals surface area contributed by atoms with Crippen molar-refractivity contribution in [2.45, 2.75) is 33.3 Å². The third kappa shape index (κ3) is 6.05. The number of hydrogen-bond acceptors (Lipinski definition) is 2. The van der Waals surface area contributed by atoms with Crippen LogP contribution in [0.5, 0.6) is 0 Å². The zero-order chi connectivity index (χ0) is 7.98. The van der Waals surface area contributed by atoms with Crippen LogP contribution in [0.25, 0.3) is 0 Å². The first-order valence-corrected chi connectivity index (χ1v) is 3.92. The van der Waals surface area contributed by atoms with Gasteiger partial charge in [-0.25, -0.2) is 0 Å². The lowest BCUT2D eigenvalue weighted by Gasteiger charge is -2.11. The molecule has 0 amide bonds. The minimum absolute atomic E-state index is 0.278. The Bertz CT molecular complexity index is 71.7. The number of hydrogen-bond donors (Lipinski definition) is 1. The summed E-state index contributed by atoms with van der Waals surface area (Å²) in [5.74, 6) is 0.551. The van der Waals surface area contributed by atoms with Gasteiger partial charge in [0.1, 0.15) is 0 Å². The Labute approximate surface area is 63.2 Å². The van der Waals surface area contributed by atoms with Gasteiger partial charge in [-0.1, -0.05) is 13.8 Å². The smallest absolute Gasteiger partial charge is 0.0776 e. The van der Waals surface area contributed by atoms with Gasteiger partial charge in [-0.2, -0.15) is 0 Å². The van der Waals surface area contributed by atoms with E-state index in [1.54, 1.807) is 0 Å². The second-order valence-electron chi connectivity index (χ2n) is 2.94. The zero-order valence-corrected chi connectivity index (χ0v) is 7.13. The highest BCUT2D eigenvalue weighted by molar-refractivity contribution is 4.56. The second-order valence-corrected chi connectivity index (χ2v) is 2.94. The molecule has 2 heteroatoms. The van der Waals surface area contributed by atoms with Gasteiger partial charge in [0, 0.05) is 6.61 Å². The number of ether oxygens (including phenoxy) is 1. The monoisotopic (exact) mass is 146 g/mol. The molecule has 1 atom stereocenters. The summed E-state index contributed by atoms with van der Waals surface area (Å²) in [6, 6.07) is 0. The quantitative estimate of drug-likeness (QED) is 0.635. The van der Waals surface area contributed by atoms with Gasteiger partial charge in [0.2, 0.25) is 0 Å². The fourth-order valence-corrected chi connectivity index (χ4v) is 0.866. The van der Waals surface area contributed by atoms with Gasteiger partial charge in [-0.05, 0) is 19.3 Å². The van der Waals surface area contributed by atoms with E-state index in [1.165, 1.54) is 0 Å². The highest BCUT2D eigenvalue weighted by Crippen LogP contribution is 2.04. The Kier molecular flexibility index (Phi) is 5.64. The van der Waals surface area contributed by atoms with E-state index >= 15 is 0 Å². The fraction of sp³-hybridized carbons (Fsp3) is 1.00. The summed E-state index contributed by atoms with van der Waals surface area (Å²) < 4.78 is 5.05. The number of aliphatic hydroxyl groups excluding tert-OH is 1. The van der Waals surface area contributed by atoms with Gasteiger partial charge in [-0.3, -0.25) is 0 Å². The summed E-state index contributed by atoms with van der Waals surface area (Å²) in [6.07, 6.45) is 0.556. The molecular formula is C8H18O2. The Morgan fingerprint density at radius 3 is 2.40 bits per heavy atom. The first kappa shape index (κ1) is 9.92. The average Bonchev–Trinajstić information content (AvgIpc) is 1.82. The lowest BCUT2D eigenvalue weighted by Crippen LogP contribution is -2.17. The summed E-state index contributed by atoms with van der Waals surface area (Å²) in [5, 5.41) is 9.23. The minimum Gasteiger partial charge on any atom is -0.391 e. The van der Waals surface area contributed by atoms with Crippen LogP contribution in [0.3, 0.4) is 0 Å². The third-order valence-electron chi connectivity index (χ3n) is 1.26. The Morgan fingerprint density at radius 1 is 1.40 bits per heavy atom. The van der Waals surface area contributed by atoms with Crippen LogP contribution in [0, 0.1) is 5.92 Å². The maximum Gasteiger partial charge on any atom is 0.0776 e. The first-order chi connectivity index (χ1) is 4.66. The largest absolute Gasteiger partial charge is 0.391 e. The number of rotatable bonds is 5. The van der Waals surface area contributed by atoms with Gasteiger partial charge in [-0.15, -0.1) is 0 Å². The van der Waals surface area contributed by atoms with E-state index in [-0.39, 0.29) is 6.10 Å². The van der Waals surface area contributed by atoms with E-state index in [2.05, 4.69) is 13.8 Å². The van der Waals surface area contributed by atoms with E-state index in [4.69, 9.17) is 4.74 Å². The third-order valence-corrected chi connectivity index (χ3v) is 1.26. The molecule has 0 aliphatic rings. The van der Waals surface area contributed by atoms with E-state index in [9.17, 15) is 5.11 Å². The van der Waals surface area contributed by atoms with Crippen LogP contribution in [-0.4, -0.2) is 24.4 Å². The molecule has 0 aliphatic carbocycles. The lowest BCUT2D eigenvalue weighted by molar-refractivity contribution is 0.0317. The Morgan fingerprint density at radius 2 is 2.00 bits per heavy atom. The zero-order valence-electron chi connectivity index (χ0n) is 7.13. The van der Waals surface area contributed by atoms with Crippen molar-refractivity contribution in [2.75, 3.05) is 13.2 Å². The van der Waals surface area contributed by atoms with Crippen LogP contribution in [0.1, 0.15) is 27.2 Å².